The van der Waals surface area contributed by atoms with Crippen LogP contribution in [0.4, 0.5) is 0 Å². The van der Waals surface area contributed by atoms with Crippen LogP contribution in [0.15, 0.2) is 6.07 Å². The summed E-state index contributed by atoms with van der Waals surface area (Å²) in [6, 6.07) is 1.80. The number of aldehydes is 1. The Morgan fingerprint density at radius 2 is 2.18 bits per heavy atom. The molecule has 0 aromatic heterocycles. The number of halogens is 1. The zero-order valence-corrected chi connectivity index (χ0v) is 10.7. The molecule has 0 radical (unpaired) electrons. The van der Waals surface area contributed by atoms with Gasteiger partial charge in [-0.1, -0.05) is 11.6 Å². The van der Waals surface area contributed by atoms with Crippen molar-refractivity contribution >= 4 is 23.8 Å². The Bertz CT molecular complexity index is 458. The molecule has 5 heteroatoms. The summed E-state index contributed by atoms with van der Waals surface area (Å²) in [6.45, 7) is 3.94. The van der Waals surface area contributed by atoms with Crippen molar-refractivity contribution in [1.29, 1.82) is 0 Å². The summed E-state index contributed by atoms with van der Waals surface area (Å²) in [5.74, 6) is -0.0150. The van der Waals surface area contributed by atoms with E-state index in [9.17, 15) is 9.59 Å². The lowest BCUT2D eigenvalue weighted by molar-refractivity contribution is -0.131. The molecule has 0 saturated heterocycles. The Morgan fingerprint density at radius 1 is 1.53 bits per heavy atom. The fourth-order valence-corrected chi connectivity index (χ4v) is 1.75. The lowest BCUT2D eigenvalue weighted by atomic mass is 10.0. The average molecular weight is 256 g/mol. The maximum absolute atomic E-state index is 10.9. The third-order valence-electron chi connectivity index (χ3n) is 2.54. The predicted molar refractivity (Wildman–Crippen MR) is 65.4 cm³/mol. The van der Waals surface area contributed by atoms with Gasteiger partial charge in [-0.2, -0.15) is 0 Å². The number of nitrogens with one attached hydrogen (secondary N) is 1. The van der Waals surface area contributed by atoms with Crippen molar-refractivity contribution in [3.63, 3.8) is 0 Å². The molecular formula is C12H14ClNO3. The molecule has 1 N–H and O–H groups in total. The van der Waals surface area contributed by atoms with Crippen molar-refractivity contribution in [2.45, 2.75) is 20.4 Å². The van der Waals surface area contributed by atoms with E-state index in [1.807, 2.05) is 13.8 Å². The summed E-state index contributed by atoms with van der Waals surface area (Å²) in [4.78, 5) is 21.1. The van der Waals surface area contributed by atoms with E-state index in [1.165, 1.54) is 0 Å². The first-order valence-corrected chi connectivity index (χ1v) is 5.44. The Hall–Kier alpha value is -1.55. The van der Waals surface area contributed by atoms with Crippen LogP contribution in [0.25, 0.3) is 0 Å². The lowest BCUT2D eigenvalue weighted by Crippen LogP contribution is -2.24. The second kappa shape index (κ2) is 5.68. The summed E-state index contributed by atoms with van der Waals surface area (Å²) in [5, 5.41) is 3.11. The number of carbonyl (C=O) groups is 2. The van der Waals surface area contributed by atoms with E-state index in [4.69, 9.17) is 16.3 Å². The fraction of sp³-hybridized carbons (Fsp3) is 0.333. The van der Waals surface area contributed by atoms with Gasteiger partial charge in [0.15, 0.2) is 0 Å². The molecule has 4 nitrogen and oxygen atoms in total. The number of benzene rings is 1. The van der Waals surface area contributed by atoms with Crippen LogP contribution in [-0.2, 0) is 16.1 Å². The molecule has 0 bridgehead atoms. The van der Waals surface area contributed by atoms with E-state index in [1.54, 1.807) is 13.2 Å². The standard InChI is InChI=1S/C12H14ClNO3/c1-7-4-10(17-3)9(8(2)12(7)13)5-14-11(16)6-15/h4,6H,5H2,1-3H3,(H,14,16). The highest BCUT2D eigenvalue weighted by Crippen LogP contribution is 2.31. The maximum Gasteiger partial charge on any atom is 0.284 e. The van der Waals surface area contributed by atoms with Crippen molar-refractivity contribution in [2.75, 3.05) is 7.11 Å². The van der Waals surface area contributed by atoms with Gasteiger partial charge in [0.1, 0.15) is 5.75 Å². The molecule has 92 valence electrons. The first-order valence-electron chi connectivity index (χ1n) is 5.06. The number of ether oxygens (including phenoxy) is 1. The van der Waals surface area contributed by atoms with Gasteiger partial charge < -0.3 is 10.1 Å². The van der Waals surface area contributed by atoms with E-state index >= 15 is 0 Å². The number of rotatable bonds is 4. The Kier molecular flexibility index (Phi) is 4.52. The molecule has 0 fully saturated rings. The fourth-order valence-electron chi connectivity index (χ4n) is 1.58. The zero-order chi connectivity index (χ0) is 13.0. The average Bonchev–Trinajstić information content (AvgIpc) is 2.33. The Balaban J connectivity index is 3.08. The molecule has 0 saturated carbocycles. The molecule has 0 aliphatic carbocycles. The number of hydrogen-bond donors (Lipinski definition) is 1. The van der Waals surface area contributed by atoms with Crippen molar-refractivity contribution in [2.24, 2.45) is 0 Å². The van der Waals surface area contributed by atoms with Gasteiger partial charge in [0, 0.05) is 17.1 Å². The molecule has 0 aliphatic rings. The third-order valence-corrected chi connectivity index (χ3v) is 3.12. The summed E-state index contributed by atoms with van der Waals surface area (Å²) in [5.41, 5.74) is 2.53. The van der Waals surface area contributed by atoms with E-state index in [2.05, 4.69) is 5.32 Å². The second-order valence-electron chi connectivity index (χ2n) is 3.65. The largest absolute Gasteiger partial charge is 0.496 e. The Morgan fingerprint density at radius 3 is 2.71 bits per heavy atom. The summed E-state index contributed by atoms with van der Waals surface area (Å²) >= 11 is 6.12. The molecule has 1 amide bonds. The summed E-state index contributed by atoms with van der Waals surface area (Å²) in [6.07, 6.45) is 0.234. The first kappa shape index (κ1) is 13.5. The van der Waals surface area contributed by atoms with Crippen LogP contribution >= 0.6 is 11.6 Å². The van der Waals surface area contributed by atoms with Crippen LogP contribution in [0.5, 0.6) is 5.75 Å². The molecule has 0 heterocycles. The van der Waals surface area contributed by atoms with Crippen LogP contribution in [0.3, 0.4) is 0 Å². The minimum Gasteiger partial charge on any atom is -0.496 e. The molecule has 0 aliphatic heterocycles. The van der Waals surface area contributed by atoms with Crippen LogP contribution in [0.2, 0.25) is 5.02 Å². The third kappa shape index (κ3) is 2.97. The minimum atomic E-state index is -0.664. The maximum atomic E-state index is 10.9. The number of amides is 1. The predicted octanol–water partition coefficient (Wildman–Crippen LogP) is 1.78. The SMILES string of the molecule is COc1cc(C)c(Cl)c(C)c1CNC(=O)C=O. The summed E-state index contributed by atoms with van der Waals surface area (Å²) in [7, 11) is 1.55. The van der Waals surface area contributed by atoms with E-state index in [0.717, 1.165) is 16.7 Å². The quantitative estimate of drug-likeness (QED) is 0.659. The highest BCUT2D eigenvalue weighted by molar-refractivity contribution is 6.32. The van der Waals surface area contributed by atoms with E-state index in [-0.39, 0.29) is 12.8 Å². The van der Waals surface area contributed by atoms with Gasteiger partial charge in [0.05, 0.1) is 7.11 Å². The van der Waals surface area contributed by atoms with Gasteiger partial charge in [-0.15, -0.1) is 0 Å². The highest BCUT2D eigenvalue weighted by Gasteiger charge is 2.13. The molecule has 17 heavy (non-hydrogen) atoms. The molecule has 1 aromatic carbocycles. The van der Waals surface area contributed by atoms with Crippen molar-refractivity contribution in [3.05, 3.63) is 27.8 Å². The van der Waals surface area contributed by atoms with Crippen molar-refractivity contribution < 1.29 is 14.3 Å². The van der Waals surface area contributed by atoms with Crippen LogP contribution in [-0.4, -0.2) is 19.3 Å². The van der Waals surface area contributed by atoms with E-state index in [0.29, 0.717) is 10.8 Å². The van der Waals surface area contributed by atoms with Crippen LogP contribution in [0, 0.1) is 13.8 Å². The van der Waals surface area contributed by atoms with E-state index < -0.39 is 5.91 Å². The highest BCUT2D eigenvalue weighted by atomic mass is 35.5. The van der Waals surface area contributed by atoms with Gasteiger partial charge in [0.2, 0.25) is 6.29 Å². The van der Waals surface area contributed by atoms with Gasteiger partial charge in [-0.05, 0) is 31.0 Å². The minimum absolute atomic E-state index is 0.215. The summed E-state index contributed by atoms with van der Waals surface area (Å²) < 4.78 is 5.23. The number of methoxy groups -OCH3 is 1. The number of aryl methyl sites for hydroxylation is 1. The number of hydrogen-bond acceptors (Lipinski definition) is 3. The van der Waals surface area contributed by atoms with Crippen LogP contribution in [0.1, 0.15) is 16.7 Å². The molecule has 0 atom stereocenters. The molecule has 1 aromatic rings. The van der Waals surface area contributed by atoms with Crippen molar-refractivity contribution in [3.8, 4) is 5.75 Å². The molecular weight excluding hydrogens is 242 g/mol. The smallest absolute Gasteiger partial charge is 0.284 e. The molecule has 0 unspecified atom stereocenters. The first-order chi connectivity index (χ1) is 8.01. The Labute approximate surface area is 105 Å². The normalized spacial score (nSPS) is 9.88. The second-order valence-corrected chi connectivity index (χ2v) is 4.03. The number of carbonyl (C=O) groups excluding carboxylic acids is 2. The zero-order valence-electron chi connectivity index (χ0n) is 9.96. The topological polar surface area (TPSA) is 55.4 Å². The monoisotopic (exact) mass is 255 g/mol. The molecule has 1 rings (SSSR count). The van der Waals surface area contributed by atoms with Gasteiger partial charge in [-0.25, -0.2) is 0 Å². The lowest BCUT2D eigenvalue weighted by Gasteiger charge is -2.15. The van der Waals surface area contributed by atoms with Gasteiger partial charge in [0.25, 0.3) is 5.91 Å². The van der Waals surface area contributed by atoms with Gasteiger partial charge >= 0.3 is 0 Å². The molecule has 0 spiro atoms. The van der Waals surface area contributed by atoms with Crippen LogP contribution < -0.4 is 10.1 Å². The van der Waals surface area contributed by atoms with Gasteiger partial charge in [-0.3, -0.25) is 9.59 Å². The van der Waals surface area contributed by atoms with Crippen molar-refractivity contribution in [1.82, 2.24) is 5.32 Å².